The molecule has 116 valence electrons. The molecule has 7 heteroatoms. The Morgan fingerprint density at radius 2 is 1.43 bits per heavy atom. The summed E-state index contributed by atoms with van der Waals surface area (Å²) in [6.45, 7) is 1.32. The number of nitrogen functional groups attached to an aromatic ring is 1. The number of anilines is 1. The number of amides is 2. The summed E-state index contributed by atoms with van der Waals surface area (Å²) in [7, 11) is 0. The predicted molar refractivity (Wildman–Crippen MR) is 82.2 cm³/mol. The van der Waals surface area contributed by atoms with E-state index in [0.717, 1.165) is 5.56 Å². The van der Waals surface area contributed by atoms with E-state index in [0.29, 0.717) is 38.3 Å². The molecular weight excluding hydrogens is 270 g/mol. The first kappa shape index (κ1) is 16.9. The lowest BCUT2D eigenvalue weighted by Crippen LogP contribution is -2.44. The number of hydrogen-bond acceptors (Lipinski definition) is 5. The molecule has 0 saturated carbocycles. The van der Waals surface area contributed by atoms with E-state index in [1.54, 1.807) is 24.3 Å². The third-order valence-corrected chi connectivity index (χ3v) is 2.94. The van der Waals surface area contributed by atoms with Crippen LogP contribution in [0.4, 0.5) is 5.69 Å². The quantitative estimate of drug-likeness (QED) is 0.296. The second kappa shape index (κ2) is 8.93. The first-order valence-electron chi connectivity index (χ1n) is 6.88. The minimum absolute atomic E-state index is 0.299. The van der Waals surface area contributed by atoms with Crippen LogP contribution in [0.2, 0.25) is 0 Å². The van der Waals surface area contributed by atoms with Crippen molar-refractivity contribution in [1.82, 2.24) is 10.6 Å². The molecule has 0 radical (unpaired) electrons. The minimum atomic E-state index is -0.813. The Bertz CT molecular complexity index is 441. The highest BCUT2D eigenvalue weighted by molar-refractivity contribution is 6.00. The maximum Gasteiger partial charge on any atom is 0.232 e. The molecular formula is C14H23N5O2. The van der Waals surface area contributed by atoms with E-state index in [1.807, 2.05) is 0 Å². The molecule has 21 heavy (non-hydrogen) atoms. The first-order chi connectivity index (χ1) is 10.1. The van der Waals surface area contributed by atoms with Crippen molar-refractivity contribution in [3.05, 3.63) is 29.8 Å². The second-order valence-corrected chi connectivity index (χ2v) is 4.66. The van der Waals surface area contributed by atoms with Crippen LogP contribution >= 0.6 is 0 Å². The molecule has 8 N–H and O–H groups in total. The van der Waals surface area contributed by atoms with Crippen molar-refractivity contribution in [3.8, 4) is 0 Å². The molecule has 0 fully saturated rings. The van der Waals surface area contributed by atoms with Gasteiger partial charge in [-0.25, -0.2) is 0 Å². The molecule has 0 unspecified atom stereocenters. The lowest BCUT2D eigenvalue weighted by atomic mass is 9.97. The normalized spacial score (nSPS) is 10.4. The van der Waals surface area contributed by atoms with Crippen LogP contribution in [0.25, 0.3) is 0 Å². The number of carbonyl (C=O) groups excluding carboxylic acids is 2. The maximum absolute atomic E-state index is 12.1. The Labute approximate surface area is 124 Å². The lowest BCUT2D eigenvalue weighted by molar-refractivity contribution is -0.135. The third-order valence-electron chi connectivity index (χ3n) is 2.94. The predicted octanol–water partition coefficient (Wildman–Crippen LogP) is -1.42. The first-order valence-corrected chi connectivity index (χ1v) is 6.88. The van der Waals surface area contributed by atoms with E-state index in [-0.39, 0.29) is 11.8 Å². The third kappa shape index (κ3) is 5.80. The highest BCUT2D eigenvalue weighted by Crippen LogP contribution is 2.12. The van der Waals surface area contributed by atoms with Crippen LogP contribution in [0.15, 0.2) is 24.3 Å². The molecule has 0 heterocycles. The number of carbonyl (C=O) groups is 2. The van der Waals surface area contributed by atoms with Crippen molar-refractivity contribution in [1.29, 1.82) is 0 Å². The Morgan fingerprint density at radius 3 is 1.86 bits per heavy atom. The van der Waals surface area contributed by atoms with Gasteiger partial charge in [-0.1, -0.05) is 12.1 Å². The van der Waals surface area contributed by atoms with E-state index < -0.39 is 5.92 Å². The molecule has 2 amide bonds. The van der Waals surface area contributed by atoms with E-state index in [9.17, 15) is 9.59 Å². The van der Waals surface area contributed by atoms with Gasteiger partial charge < -0.3 is 27.8 Å². The monoisotopic (exact) mass is 293 g/mol. The van der Waals surface area contributed by atoms with Gasteiger partial charge in [0.2, 0.25) is 11.8 Å². The summed E-state index contributed by atoms with van der Waals surface area (Å²) in [5.41, 5.74) is 17.8. The number of nitrogens with one attached hydrogen (secondary N) is 2. The lowest BCUT2D eigenvalue weighted by Gasteiger charge is -2.16. The fourth-order valence-corrected chi connectivity index (χ4v) is 1.83. The molecule has 0 saturated heterocycles. The van der Waals surface area contributed by atoms with E-state index in [4.69, 9.17) is 17.2 Å². The molecule has 0 aliphatic rings. The average Bonchev–Trinajstić information content (AvgIpc) is 2.49. The van der Waals surface area contributed by atoms with Gasteiger partial charge in [0.05, 0.1) is 0 Å². The highest BCUT2D eigenvalue weighted by Gasteiger charge is 2.26. The Morgan fingerprint density at radius 1 is 0.952 bits per heavy atom. The topological polar surface area (TPSA) is 136 Å². The van der Waals surface area contributed by atoms with Crippen LogP contribution < -0.4 is 27.8 Å². The zero-order valence-corrected chi connectivity index (χ0v) is 12.0. The van der Waals surface area contributed by atoms with Gasteiger partial charge in [-0.05, 0) is 24.1 Å². The van der Waals surface area contributed by atoms with Gasteiger partial charge in [-0.3, -0.25) is 9.59 Å². The van der Waals surface area contributed by atoms with Gasteiger partial charge in [0.15, 0.2) is 0 Å². The summed E-state index contributed by atoms with van der Waals surface area (Å²) in [5, 5.41) is 5.28. The van der Waals surface area contributed by atoms with Crippen LogP contribution in [0.3, 0.4) is 0 Å². The van der Waals surface area contributed by atoms with Gasteiger partial charge in [0.1, 0.15) is 5.92 Å². The second-order valence-electron chi connectivity index (χ2n) is 4.66. The van der Waals surface area contributed by atoms with Crippen molar-refractivity contribution in [2.75, 3.05) is 31.9 Å². The molecule has 7 nitrogen and oxygen atoms in total. The van der Waals surface area contributed by atoms with Crippen molar-refractivity contribution in [2.45, 2.75) is 6.42 Å². The number of rotatable bonds is 8. The molecule has 1 rings (SSSR count). The molecule has 0 aliphatic carbocycles. The van der Waals surface area contributed by atoms with Crippen LogP contribution in [-0.2, 0) is 16.0 Å². The van der Waals surface area contributed by atoms with Crippen molar-refractivity contribution < 1.29 is 9.59 Å². The number of benzene rings is 1. The number of nitrogens with two attached hydrogens (primary N) is 3. The Hall–Kier alpha value is -2.12. The summed E-state index contributed by atoms with van der Waals surface area (Å²) >= 11 is 0. The largest absolute Gasteiger partial charge is 0.399 e. The standard InChI is InChI=1S/C14H23N5O2/c15-5-7-18-13(20)12(14(21)19-8-6-16)9-10-1-3-11(17)4-2-10/h1-4,12H,5-9,15-17H2,(H,18,20)(H,19,21). The van der Waals surface area contributed by atoms with E-state index in [1.165, 1.54) is 0 Å². The van der Waals surface area contributed by atoms with Gasteiger partial charge in [0.25, 0.3) is 0 Å². The van der Waals surface area contributed by atoms with Crippen LogP contribution in [0.5, 0.6) is 0 Å². The van der Waals surface area contributed by atoms with E-state index >= 15 is 0 Å². The van der Waals surface area contributed by atoms with Gasteiger partial charge in [0, 0.05) is 31.9 Å². The van der Waals surface area contributed by atoms with Crippen LogP contribution in [-0.4, -0.2) is 38.0 Å². The summed E-state index contributed by atoms with van der Waals surface area (Å²) in [4.78, 5) is 24.2. The molecule has 0 aliphatic heterocycles. The highest BCUT2D eigenvalue weighted by atomic mass is 16.2. The van der Waals surface area contributed by atoms with Crippen molar-refractivity contribution in [3.63, 3.8) is 0 Å². The van der Waals surface area contributed by atoms with Crippen LogP contribution in [0, 0.1) is 5.92 Å². The fraction of sp³-hybridized carbons (Fsp3) is 0.429. The Balaban J connectivity index is 2.77. The SMILES string of the molecule is NCCNC(=O)C(Cc1ccc(N)cc1)C(=O)NCCN. The average molecular weight is 293 g/mol. The smallest absolute Gasteiger partial charge is 0.232 e. The van der Waals surface area contributed by atoms with Gasteiger partial charge >= 0.3 is 0 Å². The van der Waals surface area contributed by atoms with Gasteiger partial charge in [-0.2, -0.15) is 0 Å². The van der Waals surface area contributed by atoms with E-state index in [2.05, 4.69) is 10.6 Å². The molecule has 0 aromatic heterocycles. The zero-order valence-electron chi connectivity index (χ0n) is 12.0. The molecule has 0 bridgehead atoms. The maximum atomic E-state index is 12.1. The fourth-order valence-electron chi connectivity index (χ4n) is 1.83. The molecule has 1 aromatic carbocycles. The van der Waals surface area contributed by atoms with Crippen molar-refractivity contribution in [2.24, 2.45) is 17.4 Å². The summed E-state index contributed by atoms with van der Waals surface area (Å²) in [6.07, 6.45) is 0.299. The minimum Gasteiger partial charge on any atom is -0.399 e. The molecule has 1 aromatic rings. The van der Waals surface area contributed by atoms with Gasteiger partial charge in [-0.15, -0.1) is 0 Å². The van der Waals surface area contributed by atoms with Crippen molar-refractivity contribution >= 4 is 17.5 Å². The Kier molecular flexibility index (Phi) is 7.20. The molecule has 0 spiro atoms. The summed E-state index contributed by atoms with van der Waals surface area (Å²) < 4.78 is 0. The molecule has 0 atom stereocenters. The number of hydrogen-bond donors (Lipinski definition) is 5. The summed E-state index contributed by atoms with van der Waals surface area (Å²) in [6, 6.07) is 7.08. The zero-order chi connectivity index (χ0) is 15.7. The summed E-state index contributed by atoms with van der Waals surface area (Å²) in [5.74, 6) is -1.50. The van der Waals surface area contributed by atoms with Crippen LogP contribution in [0.1, 0.15) is 5.56 Å².